The summed E-state index contributed by atoms with van der Waals surface area (Å²) >= 11 is 4.18. The van der Waals surface area contributed by atoms with Crippen LogP contribution in [0.25, 0.3) is 0 Å². The average Bonchev–Trinajstić information content (AvgIpc) is 2.56. The van der Waals surface area contributed by atoms with Crippen LogP contribution in [0.3, 0.4) is 0 Å². The molecule has 0 fully saturated rings. The molecule has 124 valence electrons. The normalized spacial score (nSPS) is 13.8. The molecule has 0 aliphatic carbocycles. The van der Waals surface area contributed by atoms with Crippen LogP contribution in [0.5, 0.6) is 0 Å². The predicted octanol–water partition coefficient (Wildman–Crippen LogP) is 2.85. The molecule has 0 saturated heterocycles. The lowest BCUT2D eigenvalue weighted by atomic mass is 10.2. The molecular formula is C19H26O2SSi. The summed E-state index contributed by atoms with van der Waals surface area (Å²) < 4.78 is 6.56. The molecule has 4 heteroatoms. The maximum absolute atomic E-state index is 10.0. The minimum Gasteiger partial charge on any atom is -0.405 e. The third-order valence-corrected chi connectivity index (χ3v) is 9.55. The van der Waals surface area contributed by atoms with Gasteiger partial charge in [-0.1, -0.05) is 81.4 Å². The lowest BCUT2D eigenvalue weighted by Gasteiger charge is -2.43. The van der Waals surface area contributed by atoms with Crippen molar-refractivity contribution in [2.45, 2.75) is 31.9 Å². The molecule has 2 rings (SSSR count). The van der Waals surface area contributed by atoms with Gasteiger partial charge in [0.05, 0.1) is 12.7 Å². The van der Waals surface area contributed by atoms with Crippen LogP contribution >= 0.6 is 12.6 Å². The zero-order valence-corrected chi connectivity index (χ0v) is 16.0. The molecule has 0 aromatic heterocycles. The van der Waals surface area contributed by atoms with Crippen molar-refractivity contribution in [3.63, 3.8) is 0 Å². The fraction of sp³-hybridized carbons (Fsp3) is 0.368. The van der Waals surface area contributed by atoms with E-state index in [2.05, 4.69) is 81.9 Å². The molecule has 0 aliphatic rings. The lowest BCUT2D eigenvalue weighted by Crippen LogP contribution is -2.67. The van der Waals surface area contributed by atoms with Crippen molar-refractivity contribution < 1.29 is 9.53 Å². The molecule has 0 saturated carbocycles. The fourth-order valence-corrected chi connectivity index (χ4v) is 7.74. The van der Waals surface area contributed by atoms with Gasteiger partial charge in [-0.25, -0.2) is 0 Å². The molecule has 0 heterocycles. The van der Waals surface area contributed by atoms with E-state index in [4.69, 9.17) is 4.43 Å². The summed E-state index contributed by atoms with van der Waals surface area (Å²) in [6.45, 7) is 6.99. The number of aliphatic hydroxyl groups excluding tert-OH is 1. The first kappa shape index (κ1) is 18.3. The quantitative estimate of drug-likeness (QED) is 0.622. The Kier molecular flexibility index (Phi) is 6.09. The van der Waals surface area contributed by atoms with Crippen LogP contribution in [0, 0.1) is 0 Å². The number of rotatable bonds is 6. The largest absolute Gasteiger partial charge is 0.405 e. The van der Waals surface area contributed by atoms with E-state index < -0.39 is 14.4 Å². The van der Waals surface area contributed by atoms with Gasteiger partial charge in [0.2, 0.25) is 0 Å². The number of benzene rings is 2. The van der Waals surface area contributed by atoms with Crippen LogP contribution in [0.2, 0.25) is 5.04 Å². The van der Waals surface area contributed by atoms with E-state index in [1.165, 1.54) is 10.4 Å². The van der Waals surface area contributed by atoms with Crippen molar-refractivity contribution in [2.24, 2.45) is 0 Å². The van der Waals surface area contributed by atoms with Crippen LogP contribution in [0.4, 0.5) is 0 Å². The summed E-state index contributed by atoms with van der Waals surface area (Å²) in [4.78, 5) is 0. The van der Waals surface area contributed by atoms with E-state index in [0.717, 1.165) is 0 Å². The molecule has 0 aliphatic heterocycles. The third kappa shape index (κ3) is 3.89. The molecule has 1 atom stereocenters. The summed E-state index contributed by atoms with van der Waals surface area (Å²) in [5.41, 5.74) is 0. The first-order chi connectivity index (χ1) is 10.9. The van der Waals surface area contributed by atoms with Crippen LogP contribution in [-0.2, 0) is 4.43 Å². The van der Waals surface area contributed by atoms with Crippen molar-refractivity contribution in [3.8, 4) is 0 Å². The minimum absolute atomic E-state index is 0.0635. The maximum Gasteiger partial charge on any atom is 0.261 e. The first-order valence-corrected chi connectivity index (χ1v) is 10.5. The second-order valence-electron chi connectivity index (χ2n) is 6.81. The van der Waals surface area contributed by atoms with E-state index in [0.29, 0.717) is 12.4 Å². The number of aliphatic hydroxyl groups is 1. The van der Waals surface area contributed by atoms with Gasteiger partial charge in [0, 0.05) is 5.75 Å². The summed E-state index contributed by atoms with van der Waals surface area (Å²) in [5.74, 6) is 0.401. The van der Waals surface area contributed by atoms with Gasteiger partial charge in [-0.15, -0.1) is 0 Å². The Morgan fingerprint density at radius 1 is 0.957 bits per heavy atom. The van der Waals surface area contributed by atoms with Crippen molar-refractivity contribution in [1.29, 1.82) is 0 Å². The summed E-state index contributed by atoms with van der Waals surface area (Å²) in [7, 11) is -2.52. The Bertz CT molecular complexity index is 556. The van der Waals surface area contributed by atoms with E-state index in [1.54, 1.807) is 0 Å². The second-order valence-corrected chi connectivity index (χ2v) is 11.5. The van der Waals surface area contributed by atoms with Crippen LogP contribution < -0.4 is 10.4 Å². The van der Waals surface area contributed by atoms with E-state index in [1.807, 2.05) is 12.1 Å². The van der Waals surface area contributed by atoms with Crippen LogP contribution in [-0.4, -0.2) is 31.9 Å². The Balaban J connectivity index is 2.60. The van der Waals surface area contributed by atoms with Gasteiger partial charge in [-0.2, -0.15) is 12.6 Å². The molecule has 23 heavy (non-hydrogen) atoms. The monoisotopic (exact) mass is 346 g/mol. The van der Waals surface area contributed by atoms with E-state index in [-0.39, 0.29) is 5.04 Å². The highest BCUT2D eigenvalue weighted by molar-refractivity contribution is 7.80. The minimum atomic E-state index is -2.52. The number of hydrogen-bond donors (Lipinski definition) is 2. The van der Waals surface area contributed by atoms with Gasteiger partial charge in [0.25, 0.3) is 8.32 Å². The van der Waals surface area contributed by atoms with Gasteiger partial charge in [-0.3, -0.25) is 0 Å². The molecule has 0 amide bonds. The third-order valence-electron chi connectivity index (χ3n) is 4.12. The molecule has 2 aromatic carbocycles. The standard InChI is InChI=1S/C19H26O2SSi/c1-19(2,3)23(21-14-16(20)15-22,17-10-6-4-7-11-17)18-12-8-5-9-13-18/h4-13,16,20,22H,14-15H2,1-3H3. The molecule has 2 aromatic rings. The Hall–Kier alpha value is -1.07. The van der Waals surface area contributed by atoms with Gasteiger partial charge in [0.15, 0.2) is 0 Å². The zero-order valence-electron chi connectivity index (χ0n) is 14.1. The topological polar surface area (TPSA) is 29.5 Å². The summed E-state index contributed by atoms with van der Waals surface area (Å²) in [6.07, 6.45) is -0.556. The fourth-order valence-electron chi connectivity index (χ4n) is 3.04. The molecular weight excluding hydrogens is 320 g/mol. The highest BCUT2D eigenvalue weighted by atomic mass is 32.1. The Morgan fingerprint density at radius 2 is 1.39 bits per heavy atom. The highest BCUT2D eigenvalue weighted by Crippen LogP contribution is 2.36. The van der Waals surface area contributed by atoms with Gasteiger partial charge >= 0.3 is 0 Å². The molecule has 2 nitrogen and oxygen atoms in total. The van der Waals surface area contributed by atoms with Crippen molar-refractivity contribution in [1.82, 2.24) is 0 Å². The van der Waals surface area contributed by atoms with Gasteiger partial charge in [-0.05, 0) is 15.4 Å². The molecule has 0 radical (unpaired) electrons. The average molecular weight is 347 g/mol. The highest BCUT2D eigenvalue weighted by Gasteiger charge is 2.50. The molecule has 0 bridgehead atoms. The van der Waals surface area contributed by atoms with E-state index >= 15 is 0 Å². The van der Waals surface area contributed by atoms with Crippen molar-refractivity contribution in [3.05, 3.63) is 60.7 Å². The van der Waals surface area contributed by atoms with Gasteiger partial charge < -0.3 is 9.53 Å². The van der Waals surface area contributed by atoms with Crippen molar-refractivity contribution >= 4 is 31.3 Å². The summed E-state index contributed by atoms with van der Waals surface area (Å²) in [5, 5.41) is 12.4. The maximum atomic E-state index is 10.0. The van der Waals surface area contributed by atoms with Gasteiger partial charge in [0.1, 0.15) is 0 Å². The summed E-state index contributed by atoms with van der Waals surface area (Å²) in [6, 6.07) is 20.9. The lowest BCUT2D eigenvalue weighted by molar-refractivity contribution is 0.121. The SMILES string of the molecule is CC(C)(C)[Si](OCC(O)CS)(c1ccccc1)c1ccccc1. The number of thiol groups is 1. The van der Waals surface area contributed by atoms with E-state index in [9.17, 15) is 5.11 Å². The Morgan fingerprint density at radius 3 is 1.74 bits per heavy atom. The zero-order chi connectivity index (χ0) is 16.9. The van der Waals surface area contributed by atoms with Crippen LogP contribution in [0.15, 0.2) is 60.7 Å². The molecule has 1 unspecified atom stereocenters. The predicted molar refractivity (Wildman–Crippen MR) is 103 cm³/mol. The number of hydrogen-bond acceptors (Lipinski definition) is 3. The molecule has 0 spiro atoms. The smallest absolute Gasteiger partial charge is 0.261 e. The Labute approximate surface area is 146 Å². The first-order valence-electron chi connectivity index (χ1n) is 7.96. The molecule has 1 N–H and O–H groups in total. The van der Waals surface area contributed by atoms with Crippen LogP contribution in [0.1, 0.15) is 20.8 Å². The second kappa shape index (κ2) is 7.66. The van der Waals surface area contributed by atoms with Crippen molar-refractivity contribution in [2.75, 3.05) is 12.4 Å².